The van der Waals surface area contributed by atoms with E-state index in [0.717, 1.165) is 35.2 Å². The molecule has 0 aromatic heterocycles. The first-order chi connectivity index (χ1) is 12.5. The summed E-state index contributed by atoms with van der Waals surface area (Å²) in [6.07, 6.45) is 1.63. The van der Waals surface area contributed by atoms with Crippen molar-refractivity contribution in [2.45, 2.75) is 33.6 Å². The summed E-state index contributed by atoms with van der Waals surface area (Å²) in [6.45, 7) is 5.40. The molecule has 0 aliphatic heterocycles. The maximum absolute atomic E-state index is 12.2. The smallest absolute Gasteiger partial charge is 0.344 e. The minimum atomic E-state index is -0.581. The van der Waals surface area contributed by atoms with Gasteiger partial charge >= 0.3 is 5.97 Å². The number of carbonyl (C=O) groups excluding carboxylic acids is 2. The number of rotatable bonds is 8. The Kier molecular flexibility index (Phi) is 7.21. The predicted octanol–water partition coefficient (Wildman–Crippen LogP) is 3.68. The molecule has 2 aromatic carbocycles. The Morgan fingerprint density at radius 2 is 1.58 bits per heavy atom. The van der Waals surface area contributed by atoms with E-state index in [0.29, 0.717) is 5.75 Å². The summed E-state index contributed by atoms with van der Waals surface area (Å²) >= 11 is 0. The van der Waals surface area contributed by atoms with Gasteiger partial charge in [-0.25, -0.2) is 4.79 Å². The highest BCUT2D eigenvalue weighted by atomic mass is 16.6. The predicted molar refractivity (Wildman–Crippen MR) is 101 cm³/mol. The molecule has 0 heterocycles. The first-order valence-electron chi connectivity index (χ1n) is 8.79. The number of aryl methyl sites for hydroxylation is 3. The number of nitrogens with one attached hydrogen (secondary N) is 1. The average molecular weight is 355 g/mol. The monoisotopic (exact) mass is 355 g/mol. The third kappa shape index (κ3) is 5.34. The molecule has 0 aliphatic carbocycles. The van der Waals surface area contributed by atoms with Gasteiger partial charge in [0.1, 0.15) is 5.75 Å². The highest BCUT2D eigenvalue weighted by Gasteiger charge is 2.13. The van der Waals surface area contributed by atoms with Crippen LogP contribution in [0.2, 0.25) is 0 Å². The van der Waals surface area contributed by atoms with E-state index >= 15 is 0 Å². The Bertz CT molecular complexity index is 748. The second kappa shape index (κ2) is 9.61. The third-order valence-corrected chi connectivity index (χ3v) is 4.07. The normalized spacial score (nSPS) is 10.3. The largest absolute Gasteiger partial charge is 0.482 e. The summed E-state index contributed by atoms with van der Waals surface area (Å²) in [5, 5.41) is 2.86. The third-order valence-electron chi connectivity index (χ3n) is 4.07. The first-order valence-corrected chi connectivity index (χ1v) is 8.79. The molecule has 1 N–H and O–H groups in total. The van der Waals surface area contributed by atoms with Crippen molar-refractivity contribution < 1.29 is 19.1 Å². The van der Waals surface area contributed by atoms with Crippen LogP contribution in [0.25, 0.3) is 0 Å². The second-order valence-corrected chi connectivity index (χ2v) is 5.92. The fraction of sp³-hybridized carbons (Fsp3) is 0.333. The number of benzene rings is 2. The lowest BCUT2D eigenvalue weighted by Gasteiger charge is -2.14. The topological polar surface area (TPSA) is 64.6 Å². The molecule has 1 amide bonds. The van der Waals surface area contributed by atoms with E-state index in [2.05, 4.69) is 5.32 Å². The quantitative estimate of drug-likeness (QED) is 0.734. The van der Waals surface area contributed by atoms with Crippen LogP contribution in [-0.2, 0) is 27.2 Å². The van der Waals surface area contributed by atoms with Gasteiger partial charge in [-0.2, -0.15) is 0 Å². The number of hydrogen-bond donors (Lipinski definition) is 1. The summed E-state index contributed by atoms with van der Waals surface area (Å²) in [4.78, 5) is 24.0. The van der Waals surface area contributed by atoms with Crippen LogP contribution in [0.15, 0.2) is 42.5 Å². The molecule has 26 heavy (non-hydrogen) atoms. The first kappa shape index (κ1) is 19.5. The number of para-hydroxylation sites is 2. The molecule has 5 heteroatoms. The van der Waals surface area contributed by atoms with Crippen molar-refractivity contribution in [3.63, 3.8) is 0 Å². The highest BCUT2D eigenvalue weighted by Crippen LogP contribution is 2.22. The molecule has 5 nitrogen and oxygen atoms in total. The minimum Gasteiger partial charge on any atom is -0.482 e. The Morgan fingerprint density at radius 1 is 0.923 bits per heavy atom. The van der Waals surface area contributed by atoms with Gasteiger partial charge in [0.15, 0.2) is 13.2 Å². The van der Waals surface area contributed by atoms with E-state index in [4.69, 9.17) is 9.47 Å². The molecule has 0 aliphatic rings. The Balaban J connectivity index is 1.85. The molecular formula is C21H25NO4. The van der Waals surface area contributed by atoms with Crippen molar-refractivity contribution in [1.82, 2.24) is 0 Å². The molecule has 0 radical (unpaired) electrons. The maximum Gasteiger partial charge on any atom is 0.344 e. The summed E-state index contributed by atoms with van der Waals surface area (Å²) in [5.74, 6) is -0.314. The van der Waals surface area contributed by atoms with Crippen molar-refractivity contribution in [3.8, 4) is 5.75 Å². The maximum atomic E-state index is 12.2. The van der Waals surface area contributed by atoms with E-state index in [1.807, 2.05) is 57.2 Å². The van der Waals surface area contributed by atoms with Crippen molar-refractivity contribution in [1.29, 1.82) is 0 Å². The van der Waals surface area contributed by atoms with Crippen LogP contribution in [0, 0.1) is 6.92 Å². The zero-order chi connectivity index (χ0) is 18.9. The van der Waals surface area contributed by atoms with Crippen LogP contribution >= 0.6 is 0 Å². The Hall–Kier alpha value is -2.82. The van der Waals surface area contributed by atoms with Gasteiger partial charge in [0.2, 0.25) is 0 Å². The van der Waals surface area contributed by atoms with Crippen molar-refractivity contribution in [3.05, 3.63) is 59.2 Å². The van der Waals surface area contributed by atoms with Gasteiger partial charge in [-0.15, -0.1) is 0 Å². The summed E-state index contributed by atoms with van der Waals surface area (Å²) in [6, 6.07) is 13.3. The van der Waals surface area contributed by atoms with E-state index in [-0.39, 0.29) is 19.1 Å². The number of anilines is 1. The lowest BCUT2D eigenvalue weighted by atomic mass is 10.0. The second-order valence-electron chi connectivity index (χ2n) is 5.92. The molecule has 138 valence electrons. The van der Waals surface area contributed by atoms with Gasteiger partial charge < -0.3 is 14.8 Å². The van der Waals surface area contributed by atoms with Crippen molar-refractivity contribution in [2.75, 3.05) is 18.5 Å². The van der Waals surface area contributed by atoms with Crippen LogP contribution in [0.3, 0.4) is 0 Å². The van der Waals surface area contributed by atoms with Crippen LogP contribution in [0.5, 0.6) is 5.75 Å². The zero-order valence-corrected chi connectivity index (χ0v) is 15.5. The zero-order valence-electron chi connectivity index (χ0n) is 15.5. The molecule has 2 aromatic rings. The molecule has 0 atom stereocenters. The van der Waals surface area contributed by atoms with E-state index in [1.165, 1.54) is 0 Å². The number of ether oxygens (including phenoxy) is 2. The fourth-order valence-corrected chi connectivity index (χ4v) is 2.62. The SMILES string of the molecule is CCc1cccc(CC)c1NC(=O)COC(=O)COc1ccccc1C. The van der Waals surface area contributed by atoms with Crippen LogP contribution < -0.4 is 10.1 Å². The standard InChI is InChI=1S/C21H25NO4/c1-4-16-10-8-11-17(5-2)21(16)22-19(23)13-26-20(24)14-25-18-12-7-6-9-15(18)3/h6-12H,4-5,13-14H2,1-3H3,(H,22,23). The van der Waals surface area contributed by atoms with Crippen LogP contribution in [-0.4, -0.2) is 25.1 Å². The number of amides is 1. The summed E-state index contributed by atoms with van der Waals surface area (Å²) in [5.41, 5.74) is 3.87. The van der Waals surface area contributed by atoms with E-state index < -0.39 is 5.97 Å². The van der Waals surface area contributed by atoms with Gasteiger partial charge in [0.05, 0.1) is 0 Å². The molecule has 2 rings (SSSR count). The van der Waals surface area contributed by atoms with Gasteiger partial charge in [-0.3, -0.25) is 4.79 Å². The highest BCUT2D eigenvalue weighted by molar-refractivity contribution is 5.94. The van der Waals surface area contributed by atoms with Gasteiger partial charge in [-0.1, -0.05) is 50.2 Å². The molecular weight excluding hydrogens is 330 g/mol. The van der Waals surface area contributed by atoms with E-state index in [1.54, 1.807) is 6.07 Å². The van der Waals surface area contributed by atoms with E-state index in [9.17, 15) is 9.59 Å². The molecule has 0 bridgehead atoms. The number of esters is 1. The average Bonchev–Trinajstić information content (AvgIpc) is 2.65. The van der Waals surface area contributed by atoms with Crippen LogP contribution in [0.1, 0.15) is 30.5 Å². The Labute approximate surface area is 154 Å². The minimum absolute atomic E-state index is 0.232. The molecule has 0 spiro atoms. The van der Waals surface area contributed by atoms with Gasteiger partial charge in [-0.05, 0) is 42.5 Å². The van der Waals surface area contributed by atoms with Crippen molar-refractivity contribution in [2.24, 2.45) is 0 Å². The summed E-state index contributed by atoms with van der Waals surface area (Å²) in [7, 11) is 0. The lowest BCUT2D eigenvalue weighted by molar-refractivity contribution is -0.149. The number of hydrogen-bond acceptors (Lipinski definition) is 4. The number of carbonyl (C=O) groups is 2. The molecule has 0 unspecified atom stereocenters. The lowest BCUT2D eigenvalue weighted by Crippen LogP contribution is -2.24. The van der Waals surface area contributed by atoms with Gasteiger partial charge in [0.25, 0.3) is 5.91 Å². The van der Waals surface area contributed by atoms with Crippen molar-refractivity contribution >= 4 is 17.6 Å². The fourth-order valence-electron chi connectivity index (χ4n) is 2.62. The molecule has 0 saturated carbocycles. The van der Waals surface area contributed by atoms with Crippen LogP contribution in [0.4, 0.5) is 5.69 Å². The Morgan fingerprint density at radius 3 is 2.19 bits per heavy atom. The molecule has 0 saturated heterocycles. The van der Waals surface area contributed by atoms with Gasteiger partial charge in [0, 0.05) is 5.69 Å². The molecule has 0 fully saturated rings. The summed E-state index contributed by atoms with van der Waals surface area (Å²) < 4.78 is 10.4.